The van der Waals surface area contributed by atoms with Gasteiger partial charge in [0, 0.05) is 5.56 Å². The third-order valence-electron chi connectivity index (χ3n) is 2.68. The number of nitrogens with zero attached hydrogens (tertiary/aromatic N) is 1. The topological polar surface area (TPSA) is 70.5 Å². The quantitative estimate of drug-likeness (QED) is 0.872. The zero-order valence-corrected chi connectivity index (χ0v) is 9.13. The van der Waals surface area contributed by atoms with Gasteiger partial charge in [0.2, 0.25) is 5.88 Å². The molecule has 0 spiro atoms. The van der Waals surface area contributed by atoms with Crippen LogP contribution < -0.4 is 10.5 Å². The Bertz CT molecular complexity index is 520. The van der Waals surface area contributed by atoms with Gasteiger partial charge >= 0.3 is 0 Å². The Morgan fingerprint density at radius 1 is 1.24 bits per heavy atom. The Morgan fingerprint density at radius 2 is 2.06 bits per heavy atom. The molecule has 0 saturated carbocycles. The molecule has 2 heterocycles. The van der Waals surface area contributed by atoms with Gasteiger partial charge < -0.3 is 19.7 Å². The van der Waals surface area contributed by atoms with E-state index in [1.54, 1.807) is 6.20 Å². The number of hydrogen-bond donors (Lipinski definition) is 1. The zero-order valence-electron chi connectivity index (χ0n) is 9.13. The number of anilines is 1. The highest BCUT2D eigenvalue weighted by Gasteiger charge is 2.22. The van der Waals surface area contributed by atoms with Gasteiger partial charge in [-0.05, 0) is 6.07 Å². The molecule has 5 heteroatoms. The maximum atomic E-state index is 5.81. The summed E-state index contributed by atoms with van der Waals surface area (Å²) in [5, 5.41) is 3.67. The minimum Gasteiger partial charge on any atom is -0.485 e. The van der Waals surface area contributed by atoms with Gasteiger partial charge in [-0.1, -0.05) is 23.4 Å². The molecule has 1 aliphatic heterocycles. The van der Waals surface area contributed by atoms with Crippen LogP contribution in [0.4, 0.5) is 5.88 Å². The molecule has 1 aliphatic rings. The Labute approximate surface area is 98.1 Å². The molecular weight excluding hydrogens is 220 g/mol. The Hall–Kier alpha value is -2.01. The second kappa shape index (κ2) is 4.10. The van der Waals surface area contributed by atoms with Crippen LogP contribution in [0.5, 0.6) is 5.75 Å². The fourth-order valence-electron chi connectivity index (χ4n) is 1.70. The summed E-state index contributed by atoms with van der Waals surface area (Å²) in [6.07, 6.45) is 1.71. The number of nitrogens with two attached hydrogens (primary N) is 1. The largest absolute Gasteiger partial charge is 0.485 e. The fourth-order valence-corrected chi connectivity index (χ4v) is 1.70. The van der Waals surface area contributed by atoms with Crippen LogP contribution in [0.1, 0.15) is 0 Å². The highest BCUT2D eigenvalue weighted by molar-refractivity contribution is 5.76. The van der Waals surface area contributed by atoms with Crippen molar-refractivity contribution >= 4 is 5.88 Å². The van der Waals surface area contributed by atoms with Crippen molar-refractivity contribution in [3.05, 3.63) is 30.5 Å². The molecular formula is C12H12N2O3. The van der Waals surface area contributed by atoms with Gasteiger partial charge in [-0.3, -0.25) is 0 Å². The molecule has 0 atom stereocenters. The second-order valence-corrected chi connectivity index (χ2v) is 3.88. The molecule has 0 aliphatic carbocycles. The van der Waals surface area contributed by atoms with Crippen LogP contribution in [-0.4, -0.2) is 24.5 Å². The van der Waals surface area contributed by atoms with E-state index in [1.165, 1.54) is 0 Å². The normalized spacial score (nSPS) is 15.5. The van der Waals surface area contributed by atoms with Gasteiger partial charge in [-0.2, -0.15) is 0 Å². The van der Waals surface area contributed by atoms with E-state index in [1.807, 2.05) is 24.3 Å². The first-order valence-electron chi connectivity index (χ1n) is 5.38. The predicted molar refractivity (Wildman–Crippen MR) is 61.6 cm³/mol. The Morgan fingerprint density at radius 3 is 2.71 bits per heavy atom. The second-order valence-electron chi connectivity index (χ2n) is 3.88. The van der Waals surface area contributed by atoms with Gasteiger partial charge in [-0.25, -0.2) is 0 Å². The Balaban J connectivity index is 1.95. The van der Waals surface area contributed by atoms with Crippen molar-refractivity contribution < 1.29 is 14.0 Å². The summed E-state index contributed by atoms with van der Waals surface area (Å²) < 4.78 is 15.8. The summed E-state index contributed by atoms with van der Waals surface area (Å²) in [4.78, 5) is 0. The summed E-state index contributed by atoms with van der Waals surface area (Å²) in [6, 6.07) is 7.67. The molecule has 1 aromatic carbocycles. The lowest BCUT2D eigenvalue weighted by atomic mass is 10.1. The molecule has 0 bridgehead atoms. The fraction of sp³-hybridized carbons (Fsp3) is 0.250. The maximum absolute atomic E-state index is 5.81. The molecule has 3 rings (SSSR count). The molecule has 5 nitrogen and oxygen atoms in total. The highest BCUT2D eigenvalue weighted by Crippen LogP contribution is 2.34. The molecule has 0 amide bonds. The van der Waals surface area contributed by atoms with E-state index in [9.17, 15) is 0 Å². The third kappa shape index (κ3) is 1.85. The number of para-hydroxylation sites is 1. The molecule has 1 saturated heterocycles. The summed E-state index contributed by atoms with van der Waals surface area (Å²) >= 11 is 0. The monoisotopic (exact) mass is 232 g/mol. The first kappa shape index (κ1) is 10.2. The van der Waals surface area contributed by atoms with Gasteiger partial charge in [0.15, 0.2) is 0 Å². The lowest BCUT2D eigenvalue weighted by Crippen LogP contribution is -2.38. The van der Waals surface area contributed by atoms with E-state index in [-0.39, 0.29) is 6.10 Å². The van der Waals surface area contributed by atoms with Crippen LogP contribution in [-0.2, 0) is 4.74 Å². The van der Waals surface area contributed by atoms with Crippen molar-refractivity contribution in [1.29, 1.82) is 0 Å². The van der Waals surface area contributed by atoms with Crippen molar-refractivity contribution in [1.82, 2.24) is 5.16 Å². The molecule has 88 valence electrons. The van der Waals surface area contributed by atoms with Crippen LogP contribution in [0, 0.1) is 0 Å². The van der Waals surface area contributed by atoms with Crippen molar-refractivity contribution in [2.24, 2.45) is 0 Å². The van der Waals surface area contributed by atoms with Gasteiger partial charge in [0.05, 0.1) is 25.0 Å². The molecule has 0 radical (unpaired) electrons. The van der Waals surface area contributed by atoms with Gasteiger partial charge in [-0.15, -0.1) is 0 Å². The van der Waals surface area contributed by atoms with Crippen LogP contribution in [0.15, 0.2) is 35.0 Å². The third-order valence-corrected chi connectivity index (χ3v) is 2.68. The minimum atomic E-state index is 0.122. The lowest BCUT2D eigenvalue weighted by Gasteiger charge is -2.27. The summed E-state index contributed by atoms with van der Waals surface area (Å²) in [6.45, 7) is 1.26. The number of aromatic nitrogens is 1. The number of benzene rings is 1. The molecule has 1 aromatic heterocycles. The Kier molecular flexibility index (Phi) is 2.45. The van der Waals surface area contributed by atoms with Crippen LogP contribution in [0.25, 0.3) is 11.1 Å². The van der Waals surface area contributed by atoms with Gasteiger partial charge in [0.1, 0.15) is 11.9 Å². The average Bonchev–Trinajstić information content (AvgIpc) is 2.70. The number of rotatable bonds is 3. The highest BCUT2D eigenvalue weighted by atomic mass is 16.6. The SMILES string of the molecule is Nc1oncc1-c1ccccc1OC1COC1. The number of nitrogen functional groups attached to an aromatic ring is 1. The van der Waals surface area contributed by atoms with Crippen LogP contribution >= 0.6 is 0 Å². The molecule has 1 fully saturated rings. The summed E-state index contributed by atoms with van der Waals surface area (Å²) in [5.74, 6) is 1.07. The molecule has 0 unspecified atom stereocenters. The van der Waals surface area contributed by atoms with E-state index in [2.05, 4.69) is 5.16 Å². The van der Waals surface area contributed by atoms with Crippen LogP contribution in [0.2, 0.25) is 0 Å². The van der Waals surface area contributed by atoms with Crippen molar-refractivity contribution in [2.75, 3.05) is 18.9 Å². The van der Waals surface area contributed by atoms with Crippen molar-refractivity contribution in [3.8, 4) is 16.9 Å². The lowest BCUT2D eigenvalue weighted by molar-refractivity contribution is -0.0794. The number of ether oxygens (including phenoxy) is 2. The zero-order chi connectivity index (χ0) is 11.7. The molecule has 2 N–H and O–H groups in total. The summed E-state index contributed by atoms with van der Waals surface area (Å²) in [5.41, 5.74) is 7.35. The maximum Gasteiger partial charge on any atom is 0.230 e. The molecule has 17 heavy (non-hydrogen) atoms. The van der Waals surface area contributed by atoms with Crippen LogP contribution in [0.3, 0.4) is 0 Å². The number of hydrogen-bond acceptors (Lipinski definition) is 5. The van der Waals surface area contributed by atoms with E-state index < -0.39 is 0 Å². The minimum absolute atomic E-state index is 0.122. The van der Waals surface area contributed by atoms with Gasteiger partial charge in [0.25, 0.3) is 0 Å². The first-order chi connectivity index (χ1) is 8.34. The smallest absolute Gasteiger partial charge is 0.230 e. The van der Waals surface area contributed by atoms with Crippen molar-refractivity contribution in [3.63, 3.8) is 0 Å². The van der Waals surface area contributed by atoms with Crippen molar-refractivity contribution in [2.45, 2.75) is 6.10 Å². The van der Waals surface area contributed by atoms with E-state index >= 15 is 0 Å². The van der Waals surface area contributed by atoms with E-state index in [0.717, 1.165) is 16.9 Å². The summed E-state index contributed by atoms with van der Waals surface area (Å²) in [7, 11) is 0. The first-order valence-corrected chi connectivity index (χ1v) is 5.38. The molecule has 2 aromatic rings. The average molecular weight is 232 g/mol. The van der Waals surface area contributed by atoms with E-state index in [0.29, 0.717) is 19.1 Å². The predicted octanol–water partition coefficient (Wildman–Crippen LogP) is 1.70. The van der Waals surface area contributed by atoms with E-state index in [4.69, 9.17) is 19.7 Å². The standard InChI is InChI=1S/C12H12N2O3/c13-12-10(5-14-17-12)9-3-1-2-4-11(9)16-8-6-15-7-8/h1-5,8H,6-7,13H2.